The van der Waals surface area contributed by atoms with Gasteiger partial charge in [0.1, 0.15) is 0 Å². The zero-order valence-electron chi connectivity index (χ0n) is 10.2. The summed E-state index contributed by atoms with van der Waals surface area (Å²) in [7, 11) is 0.403. The normalized spacial score (nSPS) is 8.76. The highest BCUT2D eigenvalue weighted by Crippen LogP contribution is 2.25. The third kappa shape index (κ3) is 371. The predicted octanol–water partition coefficient (Wildman–Crippen LogP) is -3.46. The second-order valence-electron chi connectivity index (χ2n) is 2.05. The number of aliphatic hydroxyl groups is 3. The number of rotatable bonds is 3. The Bertz CT molecular complexity index is 122. The zero-order valence-corrected chi connectivity index (χ0v) is 11.1. The summed E-state index contributed by atoms with van der Waals surface area (Å²) < 4.78 is 8.88. The van der Waals surface area contributed by atoms with Gasteiger partial charge in [-0.05, 0) is 21.1 Å². The summed E-state index contributed by atoms with van der Waals surface area (Å²) in [6, 6.07) is 0. The number of phosphoric acid groups is 1. The summed E-state index contributed by atoms with van der Waals surface area (Å²) >= 11 is 0. The van der Waals surface area contributed by atoms with Gasteiger partial charge in [0.2, 0.25) is 0 Å². The van der Waals surface area contributed by atoms with Crippen LogP contribution in [0.15, 0.2) is 0 Å². The van der Waals surface area contributed by atoms with Gasteiger partial charge >= 0.3 is 7.82 Å². The van der Waals surface area contributed by atoms with E-state index in [0.29, 0.717) is 0 Å². The molecule has 11 heteroatoms. The third-order valence-corrected chi connectivity index (χ3v) is 0.474. The Kier molecular flexibility index (Phi) is 37.6. The van der Waals surface area contributed by atoms with Crippen LogP contribution in [0.3, 0.4) is 0 Å². The molecule has 17 heavy (non-hydrogen) atoms. The molecule has 0 saturated carbocycles. The van der Waals surface area contributed by atoms with Crippen LogP contribution in [0.25, 0.3) is 0 Å². The summed E-state index contributed by atoms with van der Waals surface area (Å²) in [5.74, 6) is 0. The van der Waals surface area contributed by atoms with Crippen molar-refractivity contribution in [2.24, 2.45) is 0 Å². The molecule has 0 atom stereocenters. The maximum Gasteiger partial charge on any atom is 0.466 e. The maximum absolute atomic E-state index is 8.88. The van der Waals surface area contributed by atoms with Gasteiger partial charge in [0.15, 0.2) is 0 Å². The molecule has 110 valence electrons. The second kappa shape index (κ2) is 24.9. The Morgan fingerprint density at radius 1 is 0.765 bits per heavy atom. The van der Waals surface area contributed by atoms with Crippen molar-refractivity contribution in [3.05, 3.63) is 0 Å². The topological polar surface area (TPSA) is 175 Å². The Hall–Kier alpha value is -0.130. The minimum absolute atomic E-state index is 0.0694. The predicted molar refractivity (Wildman–Crippen MR) is 62.7 cm³/mol. The monoisotopic (exact) mass is 281 g/mol. The van der Waals surface area contributed by atoms with E-state index < -0.39 is 7.82 Å². The van der Waals surface area contributed by atoms with Gasteiger partial charge in [0, 0.05) is 0 Å². The van der Waals surface area contributed by atoms with Crippen LogP contribution in [0.1, 0.15) is 0 Å². The van der Waals surface area contributed by atoms with Gasteiger partial charge in [-0.15, -0.1) is 0 Å². The van der Waals surface area contributed by atoms with Crippen LogP contribution in [0.5, 0.6) is 0 Å². The summed E-state index contributed by atoms with van der Waals surface area (Å²) in [6.45, 7) is 0.208. The molecule has 0 fully saturated rings. The lowest BCUT2D eigenvalue weighted by Gasteiger charge is -1.82. The molecule has 0 aliphatic rings. The fraction of sp³-hybridized carbons (Fsp3) is 1.00. The highest BCUT2D eigenvalue weighted by atomic mass is 31.2. The molecule has 0 aliphatic carbocycles. The maximum atomic E-state index is 8.88. The van der Waals surface area contributed by atoms with Gasteiger partial charge in [-0.3, -0.25) is 16.0 Å². The highest BCUT2D eigenvalue weighted by molar-refractivity contribution is 7.45. The van der Waals surface area contributed by atoms with Crippen molar-refractivity contribution in [3.8, 4) is 0 Å². The van der Waals surface area contributed by atoms with E-state index in [1.54, 1.807) is 21.1 Å². The third-order valence-electron chi connectivity index (χ3n) is 0.474. The lowest BCUT2D eigenvalue weighted by Crippen LogP contribution is -2.04. The summed E-state index contributed by atoms with van der Waals surface area (Å²) in [6.07, 6.45) is 0. The zero-order chi connectivity index (χ0) is 14.7. The average Bonchev–Trinajstić information content (AvgIpc) is 2.27. The number of aliphatic hydroxyl groups excluding tert-OH is 3. The van der Waals surface area contributed by atoms with E-state index in [9.17, 15) is 0 Å². The number of hydrogen-bond donors (Lipinski definition) is 9. The Morgan fingerprint density at radius 3 is 0.824 bits per heavy atom. The van der Waals surface area contributed by atoms with Gasteiger partial charge in [-0.2, -0.15) is 0 Å². The fourth-order valence-corrected chi connectivity index (χ4v) is 0. The molecule has 0 radical (unpaired) electrons. The van der Waals surface area contributed by atoms with Crippen LogP contribution < -0.4 is 16.0 Å². The van der Waals surface area contributed by atoms with E-state index in [2.05, 4.69) is 16.0 Å². The van der Waals surface area contributed by atoms with Gasteiger partial charge in [0.05, 0.1) is 20.2 Å². The van der Waals surface area contributed by atoms with Crippen LogP contribution in [0, 0.1) is 0 Å². The molecule has 0 bridgehead atoms. The first-order chi connectivity index (χ1) is 7.74. The first-order valence-corrected chi connectivity index (χ1v) is 5.86. The standard InChI is InChI=1S/3C2H7NO.H3O4P/c3*1-3-2-4;1-5(2,3)4/h3*3-4H,2H2,1H3;(H3,1,2,3,4). The van der Waals surface area contributed by atoms with Crippen LogP contribution in [0.4, 0.5) is 0 Å². The van der Waals surface area contributed by atoms with E-state index >= 15 is 0 Å². The molecule has 0 spiro atoms. The van der Waals surface area contributed by atoms with Gasteiger partial charge in [0.25, 0.3) is 0 Å². The van der Waals surface area contributed by atoms with Crippen molar-refractivity contribution in [1.82, 2.24) is 16.0 Å². The van der Waals surface area contributed by atoms with Crippen molar-refractivity contribution in [2.75, 3.05) is 41.3 Å². The van der Waals surface area contributed by atoms with Gasteiger partial charge in [-0.1, -0.05) is 0 Å². The van der Waals surface area contributed by atoms with Crippen LogP contribution >= 0.6 is 7.82 Å². The van der Waals surface area contributed by atoms with E-state index in [0.717, 1.165) is 0 Å². The lowest BCUT2D eigenvalue weighted by molar-refractivity contribution is 0.272. The summed E-state index contributed by atoms with van der Waals surface area (Å²) in [5.41, 5.74) is 0. The molecule has 0 unspecified atom stereocenters. The van der Waals surface area contributed by atoms with Crippen LogP contribution in [0.2, 0.25) is 0 Å². The highest BCUT2D eigenvalue weighted by Gasteiger charge is 2.00. The first kappa shape index (κ1) is 25.7. The van der Waals surface area contributed by atoms with E-state index in [1.807, 2.05) is 0 Å². The van der Waals surface area contributed by atoms with Gasteiger partial charge < -0.3 is 30.0 Å². The fourth-order valence-electron chi connectivity index (χ4n) is 0. The SMILES string of the molecule is CNCO.CNCO.CNCO.O=P(O)(O)O. The molecule has 0 aromatic carbocycles. The molecule has 0 rings (SSSR count). The van der Waals surface area contributed by atoms with Crippen molar-refractivity contribution in [3.63, 3.8) is 0 Å². The lowest BCUT2D eigenvalue weighted by atomic mass is 11.2. The molecule has 0 aromatic rings. The van der Waals surface area contributed by atoms with Gasteiger partial charge in [-0.25, -0.2) is 4.57 Å². The van der Waals surface area contributed by atoms with E-state index in [-0.39, 0.29) is 20.2 Å². The smallest absolute Gasteiger partial charge is 0.381 e. The largest absolute Gasteiger partial charge is 0.466 e. The van der Waals surface area contributed by atoms with Crippen molar-refractivity contribution in [2.45, 2.75) is 0 Å². The average molecular weight is 281 g/mol. The molecule has 9 N–H and O–H groups in total. The summed E-state index contributed by atoms with van der Waals surface area (Å²) in [4.78, 5) is 21.6. The molecule has 0 heterocycles. The first-order valence-electron chi connectivity index (χ1n) is 4.29. The molecule has 0 aliphatic heterocycles. The minimum Gasteiger partial charge on any atom is -0.381 e. The van der Waals surface area contributed by atoms with Crippen molar-refractivity contribution >= 4 is 7.82 Å². The minimum atomic E-state index is -4.64. The Balaban J connectivity index is -0.0000000667. The number of hydrogen-bond acceptors (Lipinski definition) is 7. The summed E-state index contributed by atoms with van der Waals surface area (Å²) in [5, 5.41) is 30.8. The Morgan fingerprint density at radius 2 is 0.824 bits per heavy atom. The molecular formula is C6H24N3O7P. The molecule has 10 nitrogen and oxygen atoms in total. The molecular weight excluding hydrogens is 257 g/mol. The van der Waals surface area contributed by atoms with Crippen LogP contribution in [-0.4, -0.2) is 71.3 Å². The number of nitrogens with one attached hydrogen (secondary N) is 3. The van der Waals surface area contributed by atoms with Crippen molar-refractivity contribution < 1.29 is 34.6 Å². The van der Waals surface area contributed by atoms with Crippen molar-refractivity contribution in [1.29, 1.82) is 0 Å². The molecule has 0 saturated heterocycles. The quantitative estimate of drug-likeness (QED) is 0.187. The Labute approximate surface area is 101 Å². The van der Waals surface area contributed by atoms with Crippen LogP contribution in [-0.2, 0) is 4.57 Å². The molecule has 0 amide bonds. The molecule has 0 aromatic heterocycles. The van der Waals surface area contributed by atoms with E-state index in [1.165, 1.54) is 0 Å². The second-order valence-corrected chi connectivity index (χ2v) is 3.07. The van der Waals surface area contributed by atoms with E-state index in [4.69, 9.17) is 34.6 Å².